The van der Waals surface area contributed by atoms with Crippen LogP contribution < -0.4 is 10.6 Å². The number of para-hydroxylation sites is 1. The Morgan fingerprint density at radius 1 is 0.938 bits per heavy atom. The third-order valence-electron chi connectivity index (χ3n) is 5.19. The van der Waals surface area contributed by atoms with Crippen molar-refractivity contribution in [2.45, 2.75) is 34.1 Å². The Labute approximate surface area is 186 Å². The van der Waals surface area contributed by atoms with Crippen molar-refractivity contribution in [1.82, 2.24) is 14.8 Å². The van der Waals surface area contributed by atoms with Gasteiger partial charge in [0.05, 0.1) is 17.6 Å². The molecule has 0 fully saturated rings. The lowest BCUT2D eigenvalue weighted by Gasteiger charge is -2.12. The second-order valence-electron chi connectivity index (χ2n) is 7.95. The van der Waals surface area contributed by atoms with E-state index in [-0.39, 0.29) is 18.2 Å². The minimum atomic E-state index is -0.160. The molecule has 0 radical (unpaired) electrons. The molecule has 2 amide bonds. The van der Waals surface area contributed by atoms with Gasteiger partial charge >= 0.3 is 0 Å². The van der Waals surface area contributed by atoms with Crippen molar-refractivity contribution in [3.8, 4) is 5.82 Å². The summed E-state index contributed by atoms with van der Waals surface area (Å²) in [6.45, 7) is 7.42. The molecule has 0 bridgehead atoms. The van der Waals surface area contributed by atoms with E-state index in [0.717, 1.165) is 33.3 Å². The van der Waals surface area contributed by atoms with Gasteiger partial charge in [-0.25, -0.2) is 4.98 Å². The molecule has 7 heteroatoms. The largest absolute Gasteiger partial charge is 0.326 e. The number of carbonyl (C=O) groups excluding carboxylic acids is 2. The Morgan fingerprint density at radius 3 is 2.41 bits per heavy atom. The fourth-order valence-electron chi connectivity index (χ4n) is 3.70. The predicted octanol–water partition coefficient (Wildman–Crippen LogP) is 4.49. The Balaban J connectivity index is 1.58. The fourth-order valence-corrected chi connectivity index (χ4v) is 3.70. The molecule has 32 heavy (non-hydrogen) atoms. The molecule has 2 aromatic heterocycles. The van der Waals surface area contributed by atoms with Gasteiger partial charge in [-0.05, 0) is 55.7 Å². The lowest BCUT2D eigenvalue weighted by molar-refractivity contribution is -0.116. The van der Waals surface area contributed by atoms with E-state index in [1.54, 1.807) is 16.8 Å². The minimum absolute atomic E-state index is 0.133. The van der Waals surface area contributed by atoms with Crippen molar-refractivity contribution in [3.05, 3.63) is 77.0 Å². The lowest BCUT2D eigenvalue weighted by Crippen LogP contribution is -2.17. The van der Waals surface area contributed by atoms with Gasteiger partial charge in [0, 0.05) is 24.1 Å². The summed E-state index contributed by atoms with van der Waals surface area (Å²) >= 11 is 0. The number of pyridine rings is 1. The number of carbonyl (C=O) groups is 2. The van der Waals surface area contributed by atoms with Gasteiger partial charge in [-0.15, -0.1) is 0 Å². The van der Waals surface area contributed by atoms with Crippen molar-refractivity contribution in [2.75, 3.05) is 10.6 Å². The number of fused-ring (bicyclic) bond motifs is 1. The molecule has 4 rings (SSSR count). The Morgan fingerprint density at radius 2 is 1.69 bits per heavy atom. The number of aryl methyl sites for hydroxylation is 3. The number of rotatable bonds is 5. The summed E-state index contributed by atoms with van der Waals surface area (Å²) in [5, 5.41) is 11.3. The normalized spacial score (nSPS) is 10.9. The first-order valence-electron chi connectivity index (χ1n) is 10.4. The van der Waals surface area contributed by atoms with Crippen LogP contribution in [0.5, 0.6) is 0 Å². The Hall–Kier alpha value is -4.00. The summed E-state index contributed by atoms with van der Waals surface area (Å²) < 4.78 is 1.67. The second kappa shape index (κ2) is 8.63. The van der Waals surface area contributed by atoms with Crippen molar-refractivity contribution < 1.29 is 9.59 Å². The molecule has 2 aromatic carbocycles. The van der Waals surface area contributed by atoms with E-state index < -0.39 is 0 Å². The molecule has 162 valence electrons. The highest BCUT2D eigenvalue weighted by Gasteiger charge is 2.14. The summed E-state index contributed by atoms with van der Waals surface area (Å²) in [6, 6.07) is 17.1. The molecule has 4 aromatic rings. The number of aromatic nitrogens is 3. The maximum absolute atomic E-state index is 12.7. The summed E-state index contributed by atoms with van der Waals surface area (Å²) in [7, 11) is 0. The van der Waals surface area contributed by atoms with Crippen molar-refractivity contribution in [2.24, 2.45) is 0 Å². The third kappa shape index (κ3) is 4.51. The van der Waals surface area contributed by atoms with E-state index in [0.29, 0.717) is 17.3 Å². The van der Waals surface area contributed by atoms with E-state index >= 15 is 0 Å². The van der Waals surface area contributed by atoms with Crippen LogP contribution in [0.25, 0.3) is 16.7 Å². The topological polar surface area (TPSA) is 88.9 Å². The molecule has 0 aliphatic carbocycles. The highest BCUT2D eigenvalue weighted by Crippen LogP contribution is 2.24. The van der Waals surface area contributed by atoms with Crippen LogP contribution in [0, 0.1) is 20.8 Å². The predicted molar refractivity (Wildman–Crippen MR) is 126 cm³/mol. The van der Waals surface area contributed by atoms with Crippen LogP contribution in [0.4, 0.5) is 11.5 Å². The molecule has 7 nitrogen and oxygen atoms in total. The van der Waals surface area contributed by atoms with Crippen molar-refractivity contribution in [3.63, 3.8) is 0 Å². The fraction of sp³-hybridized carbons (Fsp3) is 0.200. The highest BCUT2D eigenvalue weighted by atomic mass is 16.2. The van der Waals surface area contributed by atoms with E-state index in [4.69, 9.17) is 4.98 Å². The summed E-state index contributed by atoms with van der Waals surface area (Å²) in [4.78, 5) is 28.7. The average Bonchev–Trinajstić information content (AvgIpc) is 3.09. The zero-order chi connectivity index (χ0) is 22.8. The third-order valence-corrected chi connectivity index (χ3v) is 5.19. The SMILES string of the molecule is CC(=O)Nc1ccc(CC(=O)Nc2cc(C)nn2-c2cc(C)c3cccc(C)c3n2)cc1. The summed E-state index contributed by atoms with van der Waals surface area (Å²) in [5.41, 5.74) is 5.43. The van der Waals surface area contributed by atoms with Crippen LogP contribution in [0.15, 0.2) is 54.6 Å². The van der Waals surface area contributed by atoms with Gasteiger partial charge in [-0.2, -0.15) is 9.78 Å². The first-order valence-corrected chi connectivity index (χ1v) is 10.4. The molecule has 0 aliphatic rings. The quantitative estimate of drug-likeness (QED) is 0.491. The first kappa shape index (κ1) is 21.2. The van der Waals surface area contributed by atoms with Crippen LogP contribution in [-0.4, -0.2) is 26.6 Å². The van der Waals surface area contributed by atoms with Gasteiger partial charge in [0.2, 0.25) is 11.8 Å². The average molecular weight is 428 g/mol. The van der Waals surface area contributed by atoms with E-state index in [2.05, 4.69) is 21.8 Å². The van der Waals surface area contributed by atoms with Crippen LogP contribution >= 0.6 is 0 Å². The Bertz CT molecular complexity index is 1320. The monoisotopic (exact) mass is 427 g/mol. The van der Waals surface area contributed by atoms with Gasteiger partial charge in [0.25, 0.3) is 0 Å². The molecule has 0 spiro atoms. The van der Waals surface area contributed by atoms with E-state index in [1.165, 1.54) is 6.92 Å². The summed E-state index contributed by atoms with van der Waals surface area (Å²) in [5.74, 6) is 0.938. The highest BCUT2D eigenvalue weighted by molar-refractivity contribution is 5.92. The Kier molecular flexibility index (Phi) is 5.73. The lowest BCUT2D eigenvalue weighted by atomic mass is 10.1. The van der Waals surface area contributed by atoms with Crippen LogP contribution in [-0.2, 0) is 16.0 Å². The van der Waals surface area contributed by atoms with Crippen LogP contribution in [0.1, 0.15) is 29.3 Å². The molecule has 0 atom stereocenters. The van der Waals surface area contributed by atoms with E-state index in [1.807, 2.05) is 57.2 Å². The number of benzene rings is 2. The molecule has 0 unspecified atom stereocenters. The maximum Gasteiger partial charge on any atom is 0.229 e. The number of nitrogens with zero attached hydrogens (tertiary/aromatic N) is 3. The van der Waals surface area contributed by atoms with Crippen LogP contribution in [0.3, 0.4) is 0 Å². The van der Waals surface area contributed by atoms with Gasteiger partial charge < -0.3 is 10.6 Å². The van der Waals surface area contributed by atoms with Crippen LogP contribution in [0.2, 0.25) is 0 Å². The number of anilines is 2. The van der Waals surface area contributed by atoms with Crippen molar-refractivity contribution >= 4 is 34.2 Å². The molecule has 0 saturated heterocycles. The standard InChI is InChI=1S/C25H25N5O2/c1-15-6-5-7-21-16(2)12-22(28-25(15)21)30-23(13-17(3)29-30)27-24(32)14-19-8-10-20(11-9-19)26-18(4)31/h5-13H,14H2,1-4H3,(H,26,31)(H,27,32). The van der Waals surface area contributed by atoms with Gasteiger partial charge in [-0.1, -0.05) is 30.3 Å². The van der Waals surface area contributed by atoms with Gasteiger partial charge in [0.15, 0.2) is 5.82 Å². The number of hydrogen-bond donors (Lipinski definition) is 2. The van der Waals surface area contributed by atoms with Gasteiger partial charge in [0.1, 0.15) is 5.82 Å². The molecule has 2 heterocycles. The number of nitrogens with one attached hydrogen (secondary N) is 2. The zero-order valence-electron chi connectivity index (χ0n) is 18.6. The maximum atomic E-state index is 12.7. The molecule has 0 aliphatic heterocycles. The smallest absolute Gasteiger partial charge is 0.229 e. The number of amides is 2. The molecule has 2 N–H and O–H groups in total. The number of hydrogen-bond acceptors (Lipinski definition) is 4. The molecular weight excluding hydrogens is 402 g/mol. The first-order chi connectivity index (χ1) is 15.3. The molecule has 0 saturated carbocycles. The van der Waals surface area contributed by atoms with E-state index in [9.17, 15) is 9.59 Å². The van der Waals surface area contributed by atoms with Gasteiger partial charge in [-0.3, -0.25) is 9.59 Å². The second-order valence-corrected chi connectivity index (χ2v) is 7.95. The molecular formula is C25H25N5O2. The minimum Gasteiger partial charge on any atom is -0.326 e. The zero-order valence-corrected chi connectivity index (χ0v) is 18.6. The summed E-state index contributed by atoms with van der Waals surface area (Å²) in [6.07, 6.45) is 0.202. The van der Waals surface area contributed by atoms with Crippen molar-refractivity contribution in [1.29, 1.82) is 0 Å².